The maximum Gasteiger partial charge on any atom is 0.208 e. The van der Waals surface area contributed by atoms with Crippen molar-refractivity contribution in [1.82, 2.24) is 4.72 Å². The third-order valence-electron chi connectivity index (χ3n) is 3.19. The molecule has 18 heavy (non-hydrogen) atoms. The van der Waals surface area contributed by atoms with Crippen molar-refractivity contribution < 1.29 is 8.42 Å². The van der Waals surface area contributed by atoms with Gasteiger partial charge in [0.1, 0.15) is 0 Å². The van der Waals surface area contributed by atoms with Crippen LogP contribution >= 0.6 is 0 Å². The molecule has 0 aromatic heterocycles. The zero-order valence-electron chi connectivity index (χ0n) is 11.0. The maximum atomic E-state index is 11.2. The molecule has 1 atom stereocenters. The van der Waals surface area contributed by atoms with Crippen LogP contribution in [0.2, 0.25) is 0 Å². The van der Waals surface area contributed by atoms with Crippen molar-refractivity contribution in [3.05, 3.63) is 41.3 Å². The molecule has 1 unspecified atom stereocenters. The second-order valence-corrected chi connectivity index (χ2v) is 7.02. The van der Waals surface area contributed by atoms with Crippen LogP contribution < -0.4 is 4.72 Å². The van der Waals surface area contributed by atoms with Gasteiger partial charge >= 0.3 is 0 Å². The maximum absolute atomic E-state index is 11.2. The van der Waals surface area contributed by atoms with Gasteiger partial charge in [-0.3, -0.25) is 0 Å². The Morgan fingerprint density at radius 2 is 2.11 bits per heavy atom. The van der Waals surface area contributed by atoms with Crippen LogP contribution in [0.25, 0.3) is 0 Å². The van der Waals surface area contributed by atoms with Gasteiger partial charge in [-0.25, -0.2) is 13.1 Å². The van der Waals surface area contributed by atoms with E-state index in [1.165, 1.54) is 17.4 Å². The molecule has 2 radical (unpaired) electrons. The summed E-state index contributed by atoms with van der Waals surface area (Å²) in [5.41, 5.74) is 3.61. The fraction of sp³-hybridized carbons (Fsp3) is 0.500. The summed E-state index contributed by atoms with van der Waals surface area (Å²) in [4.78, 5) is 0. The molecule has 0 saturated carbocycles. The van der Waals surface area contributed by atoms with Crippen LogP contribution in [0.5, 0.6) is 0 Å². The minimum absolute atomic E-state index is 0.0580. The molecule has 98 valence electrons. The average molecular weight is 265 g/mol. The van der Waals surface area contributed by atoms with Crippen LogP contribution in [0.1, 0.15) is 42.9 Å². The van der Waals surface area contributed by atoms with Gasteiger partial charge in [0.2, 0.25) is 10.0 Å². The number of hydrogen-bond acceptors (Lipinski definition) is 2. The summed E-state index contributed by atoms with van der Waals surface area (Å²) in [6.07, 6.45) is 5.89. The van der Waals surface area contributed by atoms with E-state index in [1.54, 1.807) is 0 Å². The Kier molecular flexibility index (Phi) is 3.78. The van der Waals surface area contributed by atoms with Crippen molar-refractivity contribution in [2.45, 2.75) is 38.6 Å². The highest BCUT2D eigenvalue weighted by molar-refractivity contribution is 7.88. The van der Waals surface area contributed by atoms with E-state index < -0.39 is 10.0 Å². The largest absolute Gasteiger partial charge is 0.213 e. The van der Waals surface area contributed by atoms with E-state index in [4.69, 9.17) is 0 Å². The SMILES string of the molecule is CC(C)c1ccc2c(c1)[C]CC(NS(C)(=O)=O)C2. The molecule has 4 heteroatoms. The molecular weight excluding hydrogens is 246 g/mol. The number of fused-ring (bicyclic) bond motifs is 1. The van der Waals surface area contributed by atoms with Gasteiger partial charge in [0.05, 0.1) is 6.26 Å². The van der Waals surface area contributed by atoms with E-state index in [2.05, 4.69) is 43.2 Å². The Morgan fingerprint density at radius 1 is 1.39 bits per heavy atom. The van der Waals surface area contributed by atoms with E-state index in [-0.39, 0.29) is 6.04 Å². The van der Waals surface area contributed by atoms with Crippen molar-refractivity contribution in [2.24, 2.45) is 0 Å². The van der Waals surface area contributed by atoms with Gasteiger partial charge in [-0.2, -0.15) is 0 Å². The highest BCUT2D eigenvalue weighted by Crippen LogP contribution is 2.26. The van der Waals surface area contributed by atoms with Crippen LogP contribution in [0, 0.1) is 6.42 Å². The highest BCUT2D eigenvalue weighted by Gasteiger charge is 2.22. The Bertz CT molecular complexity index is 535. The summed E-state index contributed by atoms with van der Waals surface area (Å²) in [6.45, 7) is 4.33. The number of nitrogens with one attached hydrogen (secondary N) is 1. The molecule has 0 bridgehead atoms. The molecular formula is C14H19NO2S. The number of sulfonamides is 1. The Balaban J connectivity index is 2.16. The number of benzene rings is 1. The van der Waals surface area contributed by atoms with Gasteiger partial charge in [-0.1, -0.05) is 32.0 Å². The summed E-state index contributed by atoms with van der Waals surface area (Å²) in [6, 6.07) is 6.32. The van der Waals surface area contributed by atoms with E-state index >= 15 is 0 Å². The first-order valence-electron chi connectivity index (χ1n) is 6.19. The topological polar surface area (TPSA) is 46.2 Å². The Hall–Kier alpha value is -0.870. The Labute approximate surface area is 110 Å². The Morgan fingerprint density at radius 3 is 2.72 bits per heavy atom. The molecule has 1 aliphatic rings. The van der Waals surface area contributed by atoms with E-state index in [1.807, 2.05) is 0 Å². The van der Waals surface area contributed by atoms with Crippen LogP contribution in [-0.4, -0.2) is 20.7 Å². The molecule has 0 spiro atoms. The smallest absolute Gasteiger partial charge is 0.208 e. The van der Waals surface area contributed by atoms with Gasteiger partial charge in [-0.15, -0.1) is 0 Å². The molecule has 0 amide bonds. The predicted octanol–water partition coefficient (Wildman–Crippen LogP) is 2.10. The predicted molar refractivity (Wildman–Crippen MR) is 73.0 cm³/mol. The summed E-state index contributed by atoms with van der Waals surface area (Å²) in [5.74, 6) is 0.504. The second-order valence-electron chi connectivity index (χ2n) is 5.24. The minimum Gasteiger partial charge on any atom is -0.213 e. The lowest BCUT2D eigenvalue weighted by atomic mass is 9.86. The lowest BCUT2D eigenvalue weighted by Gasteiger charge is -2.25. The van der Waals surface area contributed by atoms with Gasteiger partial charge in [0, 0.05) is 12.5 Å². The van der Waals surface area contributed by atoms with Gasteiger partial charge in [0.15, 0.2) is 0 Å². The molecule has 0 saturated heterocycles. The lowest BCUT2D eigenvalue weighted by molar-refractivity contribution is 0.539. The van der Waals surface area contributed by atoms with Crippen molar-refractivity contribution in [1.29, 1.82) is 0 Å². The summed E-state index contributed by atoms with van der Waals surface area (Å²) >= 11 is 0. The molecule has 1 N–H and O–H groups in total. The first-order valence-corrected chi connectivity index (χ1v) is 8.08. The first-order chi connectivity index (χ1) is 8.35. The lowest BCUT2D eigenvalue weighted by Crippen LogP contribution is -2.37. The summed E-state index contributed by atoms with van der Waals surface area (Å²) in [7, 11) is -3.14. The molecule has 0 aliphatic heterocycles. The molecule has 3 nitrogen and oxygen atoms in total. The van der Waals surface area contributed by atoms with Crippen molar-refractivity contribution >= 4 is 10.0 Å². The van der Waals surface area contributed by atoms with Crippen LogP contribution in [0.15, 0.2) is 18.2 Å². The average Bonchev–Trinajstić information content (AvgIpc) is 2.26. The van der Waals surface area contributed by atoms with Crippen molar-refractivity contribution in [3.63, 3.8) is 0 Å². The minimum atomic E-state index is -3.14. The van der Waals surface area contributed by atoms with Crippen molar-refractivity contribution in [2.75, 3.05) is 6.26 Å². The van der Waals surface area contributed by atoms with E-state index in [0.717, 1.165) is 12.0 Å². The van der Waals surface area contributed by atoms with E-state index in [9.17, 15) is 8.42 Å². The third kappa shape index (κ3) is 3.33. The fourth-order valence-electron chi connectivity index (χ4n) is 2.25. The monoisotopic (exact) mass is 265 g/mol. The second kappa shape index (κ2) is 5.02. The zero-order chi connectivity index (χ0) is 13.3. The van der Waals surface area contributed by atoms with Gasteiger partial charge in [-0.05, 0) is 35.4 Å². The normalized spacial score (nSPS) is 19.9. The molecule has 0 fully saturated rings. The quantitative estimate of drug-likeness (QED) is 0.909. The molecule has 1 aliphatic carbocycles. The highest BCUT2D eigenvalue weighted by atomic mass is 32.2. The zero-order valence-corrected chi connectivity index (χ0v) is 11.8. The summed E-state index contributed by atoms with van der Waals surface area (Å²) in [5, 5.41) is 0. The molecule has 1 aromatic carbocycles. The molecule has 1 aromatic rings. The molecule has 2 rings (SSSR count). The standard InChI is InChI=1S/C14H19NO2S/c1-10(2)11-4-5-13-9-14(15-18(3,16)17)7-6-12(13)8-11/h4-5,8,10,14-15H,7,9H2,1-3H3. The van der Waals surface area contributed by atoms with E-state index in [0.29, 0.717) is 12.3 Å². The van der Waals surface area contributed by atoms with Gasteiger partial charge in [0.25, 0.3) is 0 Å². The summed E-state index contributed by atoms with van der Waals surface area (Å²) < 4.78 is 25.1. The first kappa shape index (κ1) is 13.6. The fourth-order valence-corrected chi connectivity index (χ4v) is 3.02. The van der Waals surface area contributed by atoms with Crippen LogP contribution in [0.3, 0.4) is 0 Å². The van der Waals surface area contributed by atoms with Gasteiger partial charge < -0.3 is 0 Å². The number of hydrogen-bond donors (Lipinski definition) is 1. The van der Waals surface area contributed by atoms with Crippen LogP contribution in [0.4, 0.5) is 0 Å². The number of rotatable bonds is 3. The third-order valence-corrected chi connectivity index (χ3v) is 3.95. The molecule has 0 heterocycles. The van der Waals surface area contributed by atoms with Crippen LogP contribution in [-0.2, 0) is 16.4 Å². The van der Waals surface area contributed by atoms with Crippen molar-refractivity contribution in [3.8, 4) is 0 Å².